The van der Waals surface area contributed by atoms with Crippen molar-refractivity contribution in [1.29, 1.82) is 0 Å². The van der Waals surface area contributed by atoms with E-state index >= 15 is 0 Å². The zero-order valence-electron chi connectivity index (χ0n) is 11.0. The molecule has 0 saturated heterocycles. The van der Waals surface area contributed by atoms with E-state index in [1.165, 1.54) is 0 Å². The summed E-state index contributed by atoms with van der Waals surface area (Å²) in [5.74, 6) is -0.0230. The van der Waals surface area contributed by atoms with Crippen LogP contribution in [-0.4, -0.2) is 27.5 Å². The fraction of sp³-hybridized carbons (Fsp3) is 0.667. The summed E-state index contributed by atoms with van der Waals surface area (Å²) >= 11 is 0. The lowest BCUT2D eigenvalue weighted by Gasteiger charge is -2.36. The van der Waals surface area contributed by atoms with Gasteiger partial charge in [0.15, 0.2) is 0 Å². The van der Waals surface area contributed by atoms with Crippen molar-refractivity contribution in [3.8, 4) is 0 Å². The maximum absolute atomic E-state index is 12.0. The third-order valence-electron chi connectivity index (χ3n) is 3.39. The predicted octanol–water partition coefficient (Wildman–Crippen LogP) is 0.763. The molecule has 0 atom stereocenters. The number of nitrogens with one attached hydrogen (secondary N) is 1. The average molecular weight is 238 g/mol. The van der Waals surface area contributed by atoms with Crippen LogP contribution in [0.5, 0.6) is 0 Å². The Morgan fingerprint density at radius 3 is 2.53 bits per heavy atom. The molecule has 1 rings (SSSR count). The lowest BCUT2D eigenvalue weighted by Crippen LogP contribution is -2.55. The molecule has 1 amide bonds. The molecule has 0 fully saturated rings. The van der Waals surface area contributed by atoms with Crippen LogP contribution in [0.3, 0.4) is 0 Å². The van der Waals surface area contributed by atoms with E-state index in [4.69, 9.17) is 5.73 Å². The molecule has 0 aromatic carbocycles. The Morgan fingerprint density at radius 1 is 1.41 bits per heavy atom. The Kier molecular flexibility index (Phi) is 3.93. The van der Waals surface area contributed by atoms with Crippen LogP contribution in [0.2, 0.25) is 0 Å². The highest BCUT2D eigenvalue weighted by molar-refractivity contribution is 5.83. The zero-order valence-corrected chi connectivity index (χ0v) is 11.0. The second-order valence-corrected chi connectivity index (χ2v) is 5.40. The van der Waals surface area contributed by atoms with Gasteiger partial charge in [0.05, 0.1) is 11.7 Å². The maximum atomic E-state index is 12.0. The molecule has 0 radical (unpaired) electrons. The fourth-order valence-electron chi connectivity index (χ4n) is 1.23. The maximum Gasteiger partial charge on any atom is 0.227 e. The van der Waals surface area contributed by atoms with Crippen LogP contribution in [0.4, 0.5) is 0 Å². The monoisotopic (exact) mass is 238 g/mol. The topological polar surface area (TPSA) is 72.9 Å². The van der Waals surface area contributed by atoms with Crippen LogP contribution in [-0.2, 0) is 11.3 Å². The number of carbonyl (C=O) groups is 1. The van der Waals surface area contributed by atoms with Crippen molar-refractivity contribution in [2.24, 2.45) is 11.1 Å². The van der Waals surface area contributed by atoms with E-state index in [0.29, 0.717) is 13.1 Å². The van der Waals surface area contributed by atoms with Gasteiger partial charge in [0.25, 0.3) is 0 Å². The molecule has 3 N–H and O–H groups in total. The first-order chi connectivity index (χ1) is 7.75. The van der Waals surface area contributed by atoms with E-state index in [1.807, 2.05) is 38.5 Å². The van der Waals surface area contributed by atoms with Gasteiger partial charge in [0.2, 0.25) is 5.91 Å². The van der Waals surface area contributed by atoms with E-state index in [2.05, 4.69) is 10.3 Å². The van der Waals surface area contributed by atoms with Gasteiger partial charge in [-0.1, -0.05) is 0 Å². The lowest BCUT2D eigenvalue weighted by atomic mass is 9.74. The minimum absolute atomic E-state index is 0.0230. The van der Waals surface area contributed by atoms with Gasteiger partial charge in [0, 0.05) is 31.0 Å². The van der Waals surface area contributed by atoms with Gasteiger partial charge in [-0.05, 0) is 27.7 Å². The van der Waals surface area contributed by atoms with Crippen molar-refractivity contribution in [1.82, 2.24) is 14.9 Å². The Morgan fingerprint density at radius 2 is 2.06 bits per heavy atom. The van der Waals surface area contributed by atoms with Gasteiger partial charge in [-0.2, -0.15) is 0 Å². The fourth-order valence-corrected chi connectivity index (χ4v) is 1.23. The number of amides is 1. The number of nitrogens with two attached hydrogens (primary N) is 1. The Labute approximate surface area is 102 Å². The molecule has 1 heterocycles. The molecule has 0 aliphatic carbocycles. The lowest BCUT2D eigenvalue weighted by molar-refractivity contribution is -0.132. The van der Waals surface area contributed by atoms with Crippen LogP contribution in [0.15, 0.2) is 18.7 Å². The van der Waals surface area contributed by atoms with Crippen LogP contribution < -0.4 is 11.1 Å². The number of carbonyl (C=O) groups excluding carboxylic acids is 1. The van der Waals surface area contributed by atoms with E-state index in [0.717, 1.165) is 0 Å². The second-order valence-electron chi connectivity index (χ2n) is 5.40. The number of nitrogens with zero attached hydrogens (tertiary/aromatic N) is 2. The summed E-state index contributed by atoms with van der Waals surface area (Å²) in [6.45, 7) is 8.74. The summed E-state index contributed by atoms with van der Waals surface area (Å²) in [6.07, 6.45) is 5.31. The van der Waals surface area contributed by atoms with Crippen molar-refractivity contribution in [3.63, 3.8) is 0 Å². The standard InChI is InChI=1S/C12H22N4O/c1-11(2,12(3,4)13)10(17)15-6-8-16-7-5-14-9-16/h5,7,9H,6,8,13H2,1-4H3,(H,15,17). The van der Waals surface area contributed by atoms with E-state index < -0.39 is 11.0 Å². The molecule has 0 bridgehead atoms. The summed E-state index contributed by atoms with van der Waals surface area (Å²) in [6, 6.07) is 0. The van der Waals surface area contributed by atoms with Gasteiger partial charge < -0.3 is 15.6 Å². The van der Waals surface area contributed by atoms with Crippen LogP contribution in [0.1, 0.15) is 27.7 Å². The van der Waals surface area contributed by atoms with Crippen molar-refractivity contribution in [2.45, 2.75) is 39.8 Å². The number of hydrogen-bond acceptors (Lipinski definition) is 3. The van der Waals surface area contributed by atoms with Gasteiger partial charge >= 0.3 is 0 Å². The highest BCUT2D eigenvalue weighted by Gasteiger charge is 2.40. The first kappa shape index (κ1) is 13.7. The number of rotatable bonds is 5. The van der Waals surface area contributed by atoms with Crippen molar-refractivity contribution in [2.75, 3.05) is 6.54 Å². The van der Waals surface area contributed by atoms with Crippen molar-refractivity contribution < 1.29 is 4.79 Å². The van der Waals surface area contributed by atoms with Crippen LogP contribution in [0.25, 0.3) is 0 Å². The summed E-state index contributed by atoms with van der Waals surface area (Å²) in [5, 5.41) is 2.90. The average Bonchev–Trinajstić information content (AvgIpc) is 2.68. The SMILES string of the molecule is CC(C)(N)C(C)(C)C(=O)NCCn1ccnc1. The van der Waals surface area contributed by atoms with E-state index in [1.54, 1.807) is 12.5 Å². The quantitative estimate of drug-likeness (QED) is 0.795. The molecule has 0 spiro atoms. The van der Waals surface area contributed by atoms with Gasteiger partial charge in [-0.15, -0.1) is 0 Å². The Hall–Kier alpha value is -1.36. The first-order valence-corrected chi connectivity index (χ1v) is 5.78. The van der Waals surface area contributed by atoms with Gasteiger partial charge in [-0.3, -0.25) is 4.79 Å². The van der Waals surface area contributed by atoms with Gasteiger partial charge in [0.1, 0.15) is 0 Å². The minimum Gasteiger partial charge on any atom is -0.354 e. The molecule has 5 heteroatoms. The molecule has 0 unspecified atom stereocenters. The molecular formula is C12H22N4O. The number of hydrogen-bond donors (Lipinski definition) is 2. The van der Waals surface area contributed by atoms with Crippen LogP contribution >= 0.6 is 0 Å². The van der Waals surface area contributed by atoms with Gasteiger partial charge in [-0.25, -0.2) is 4.98 Å². The summed E-state index contributed by atoms with van der Waals surface area (Å²) in [5.41, 5.74) is 4.86. The Bertz CT molecular complexity index is 362. The number of imidazole rings is 1. The third kappa shape index (κ3) is 3.30. The molecule has 0 saturated carbocycles. The molecule has 96 valence electrons. The third-order valence-corrected chi connectivity index (χ3v) is 3.39. The molecule has 0 aliphatic heterocycles. The molecule has 5 nitrogen and oxygen atoms in total. The second kappa shape index (κ2) is 4.87. The molecular weight excluding hydrogens is 216 g/mol. The highest BCUT2D eigenvalue weighted by Crippen LogP contribution is 2.28. The largest absolute Gasteiger partial charge is 0.354 e. The van der Waals surface area contributed by atoms with Crippen molar-refractivity contribution >= 4 is 5.91 Å². The molecule has 17 heavy (non-hydrogen) atoms. The van der Waals surface area contributed by atoms with E-state index in [-0.39, 0.29) is 5.91 Å². The summed E-state index contributed by atoms with van der Waals surface area (Å²) in [7, 11) is 0. The summed E-state index contributed by atoms with van der Waals surface area (Å²) < 4.78 is 1.92. The first-order valence-electron chi connectivity index (χ1n) is 5.78. The number of aromatic nitrogens is 2. The highest BCUT2D eigenvalue weighted by atomic mass is 16.2. The smallest absolute Gasteiger partial charge is 0.227 e. The Balaban J connectivity index is 2.45. The summed E-state index contributed by atoms with van der Waals surface area (Å²) in [4.78, 5) is 16.0. The normalized spacial score (nSPS) is 12.5. The minimum atomic E-state index is -0.595. The van der Waals surface area contributed by atoms with Crippen molar-refractivity contribution in [3.05, 3.63) is 18.7 Å². The zero-order chi connectivity index (χ0) is 13.1. The van der Waals surface area contributed by atoms with E-state index in [9.17, 15) is 4.79 Å². The van der Waals surface area contributed by atoms with Crippen LogP contribution in [0, 0.1) is 5.41 Å². The molecule has 0 aliphatic rings. The predicted molar refractivity (Wildman–Crippen MR) is 67.3 cm³/mol. The molecule has 1 aromatic rings. The molecule has 1 aromatic heterocycles.